The van der Waals surface area contributed by atoms with Crippen LogP contribution in [0.25, 0.3) is 10.8 Å². The maximum absolute atomic E-state index is 14.0. The first kappa shape index (κ1) is 19.7. The smallest absolute Gasteiger partial charge is 0.287 e. The predicted octanol–water partition coefficient (Wildman–Crippen LogP) is 5.01. The van der Waals surface area contributed by atoms with Gasteiger partial charge in [-0.1, -0.05) is 44.2 Å². The molecule has 1 aliphatic heterocycles. The van der Waals surface area contributed by atoms with Crippen molar-refractivity contribution in [3.8, 4) is 0 Å². The lowest BCUT2D eigenvalue weighted by Gasteiger charge is -2.30. The molecule has 0 aromatic heterocycles. The first-order chi connectivity index (χ1) is 12.5. The molecule has 27 heavy (non-hydrogen) atoms. The van der Waals surface area contributed by atoms with Gasteiger partial charge in [-0.15, -0.1) is 0 Å². The van der Waals surface area contributed by atoms with Crippen molar-refractivity contribution in [1.29, 1.82) is 0 Å². The van der Waals surface area contributed by atoms with Crippen molar-refractivity contribution in [3.05, 3.63) is 47.5 Å². The summed E-state index contributed by atoms with van der Waals surface area (Å²) in [4.78, 5) is 12.0. The molecule has 0 bridgehead atoms. The fourth-order valence-corrected chi connectivity index (χ4v) is 3.66. The molecule has 0 aliphatic carbocycles. The van der Waals surface area contributed by atoms with Crippen molar-refractivity contribution in [2.45, 2.75) is 46.3 Å². The summed E-state index contributed by atoms with van der Waals surface area (Å²) < 4.78 is 41.9. The number of benzene rings is 2. The van der Waals surface area contributed by atoms with E-state index < -0.39 is 23.5 Å². The zero-order chi connectivity index (χ0) is 20.0. The van der Waals surface area contributed by atoms with Crippen LogP contribution in [0.4, 0.5) is 13.2 Å². The Balaban J connectivity index is 2.08. The lowest BCUT2D eigenvalue weighted by Crippen LogP contribution is -2.43. The van der Waals surface area contributed by atoms with Crippen LogP contribution >= 0.6 is 0 Å². The summed E-state index contributed by atoms with van der Waals surface area (Å²) >= 11 is 0. The minimum atomic E-state index is -4.51. The van der Waals surface area contributed by atoms with Crippen LogP contribution in [-0.4, -0.2) is 23.6 Å². The Bertz CT molecular complexity index is 858. The fourth-order valence-electron chi connectivity index (χ4n) is 3.66. The van der Waals surface area contributed by atoms with E-state index in [1.54, 1.807) is 26.0 Å². The third kappa shape index (κ3) is 3.95. The number of halogens is 3. The summed E-state index contributed by atoms with van der Waals surface area (Å²) in [6.45, 7) is 7.47. The summed E-state index contributed by atoms with van der Waals surface area (Å²) in [7, 11) is 0. The molecule has 1 heterocycles. The molecule has 2 aromatic carbocycles. The van der Waals surface area contributed by atoms with Crippen LogP contribution in [0.1, 0.15) is 44.9 Å². The molecule has 0 unspecified atom stereocenters. The van der Waals surface area contributed by atoms with Crippen LogP contribution < -0.4 is 5.43 Å². The molecule has 146 valence electrons. The van der Waals surface area contributed by atoms with E-state index in [1.807, 2.05) is 18.2 Å². The van der Waals surface area contributed by atoms with Crippen molar-refractivity contribution >= 4 is 16.7 Å². The van der Waals surface area contributed by atoms with Gasteiger partial charge in [-0.3, -0.25) is 10.2 Å². The van der Waals surface area contributed by atoms with Gasteiger partial charge in [-0.25, -0.2) is 5.01 Å². The van der Waals surface area contributed by atoms with Gasteiger partial charge in [-0.05, 0) is 54.2 Å². The molecule has 1 aliphatic rings. The molecular formula is C21H25F3N2O. The molecule has 1 N–H and O–H groups in total. The zero-order valence-corrected chi connectivity index (χ0v) is 16.0. The van der Waals surface area contributed by atoms with E-state index in [1.165, 1.54) is 6.07 Å². The van der Waals surface area contributed by atoms with Gasteiger partial charge in [0.05, 0.1) is 5.41 Å². The fraction of sp³-hybridized carbons (Fsp3) is 0.476. The molecule has 3 rings (SSSR count). The number of hydrogen-bond acceptors (Lipinski definition) is 2. The number of carbonyl (C=O) groups is 1. The normalized spacial score (nSPS) is 18.9. The molecule has 0 radical (unpaired) electrons. The van der Waals surface area contributed by atoms with Gasteiger partial charge >= 0.3 is 6.18 Å². The molecule has 0 spiro atoms. The molecule has 3 nitrogen and oxygen atoms in total. The van der Waals surface area contributed by atoms with Crippen molar-refractivity contribution in [2.75, 3.05) is 6.54 Å². The molecular weight excluding hydrogens is 353 g/mol. The summed E-state index contributed by atoms with van der Waals surface area (Å²) in [6.07, 6.45) is -3.71. The number of nitrogens with one attached hydrogen (secondary N) is 1. The number of fused-ring (bicyclic) bond motifs is 1. The predicted molar refractivity (Wildman–Crippen MR) is 99.9 cm³/mol. The van der Waals surface area contributed by atoms with E-state index in [9.17, 15) is 18.0 Å². The molecule has 1 atom stereocenters. The number of rotatable bonds is 4. The van der Waals surface area contributed by atoms with Gasteiger partial charge in [0.25, 0.3) is 0 Å². The van der Waals surface area contributed by atoms with E-state index in [0.717, 1.165) is 27.8 Å². The Morgan fingerprint density at radius 3 is 2.44 bits per heavy atom. The van der Waals surface area contributed by atoms with Crippen LogP contribution in [0.5, 0.6) is 0 Å². The van der Waals surface area contributed by atoms with Gasteiger partial charge in [0.2, 0.25) is 5.91 Å². The number of hydrogen-bond donors (Lipinski definition) is 1. The van der Waals surface area contributed by atoms with Crippen molar-refractivity contribution in [2.24, 2.45) is 11.3 Å². The number of nitrogens with zero attached hydrogens (tertiary/aromatic N) is 1. The number of alkyl halides is 3. The number of carbonyl (C=O) groups excluding carboxylic acids is 1. The first-order valence-corrected chi connectivity index (χ1v) is 9.15. The van der Waals surface area contributed by atoms with Crippen molar-refractivity contribution in [1.82, 2.24) is 10.4 Å². The van der Waals surface area contributed by atoms with Gasteiger partial charge in [0.15, 0.2) is 0 Å². The van der Waals surface area contributed by atoms with E-state index in [4.69, 9.17) is 0 Å². The highest BCUT2D eigenvalue weighted by Gasteiger charge is 2.51. The highest BCUT2D eigenvalue weighted by molar-refractivity contribution is 5.87. The third-order valence-electron chi connectivity index (χ3n) is 4.99. The summed E-state index contributed by atoms with van der Waals surface area (Å²) in [5.74, 6) is 0.00868. The average Bonchev–Trinajstić information content (AvgIpc) is 2.79. The quantitative estimate of drug-likeness (QED) is 0.811. The minimum absolute atomic E-state index is 0.00167. The monoisotopic (exact) mass is 378 g/mol. The second kappa shape index (κ2) is 6.82. The zero-order valence-electron chi connectivity index (χ0n) is 16.0. The van der Waals surface area contributed by atoms with E-state index in [-0.39, 0.29) is 12.1 Å². The van der Waals surface area contributed by atoms with E-state index >= 15 is 0 Å². The Morgan fingerprint density at radius 1 is 1.19 bits per heavy atom. The lowest BCUT2D eigenvalue weighted by molar-refractivity contribution is -0.191. The van der Waals surface area contributed by atoms with Crippen molar-refractivity contribution < 1.29 is 18.0 Å². The highest BCUT2D eigenvalue weighted by atomic mass is 19.4. The van der Waals surface area contributed by atoms with Gasteiger partial charge < -0.3 is 0 Å². The van der Waals surface area contributed by atoms with Crippen LogP contribution in [0, 0.1) is 11.3 Å². The van der Waals surface area contributed by atoms with Crippen LogP contribution in [-0.2, 0) is 11.2 Å². The third-order valence-corrected chi connectivity index (χ3v) is 4.99. The Morgan fingerprint density at radius 2 is 1.89 bits per heavy atom. The maximum atomic E-state index is 14.0. The Hall–Kier alpha value is -2.08. The molecule has 0 saturated carbocycles. The first-order valence-electron chi connectivity index (χ1n) is 9.15. The summed E-state index contributed by atoms with van der Waals surface area (Å²) in [5, 5.41) is 2.78. The minimum Gasteiger partial charge on any atom is -0.287 e. The molecule has 2 aromatic rings. The van der Waals surface area contributed by atoms with Crippen molar-refractivity contribution in [3.63, 3.8) is 0 Å². The summed E-state index contributed by atoms with van der Waals surface area (Å²) in [6, 6.07) is 8.81. The van der Waals surface area contributed by atoms with Gasteiger partial charge in [0.1, 0.15) is 6.04 Å². The summed E-state index contributed by atoms with van der Waals surface area (Å²) in [5.41, 5.74) is 2.74. The van der Waals surface area contributed by atoms with Crippen LogP contribution in [0.2, 0.25) is 0 Å². The van der Waals surface area contributed by atoms with E-state index in [0.29, 0.717) is 5.92 Å². The van der Waals surface area contributed by atoms with Crippen LogP contribution in [0.15, 0.2) is 36.4 Å². The molecule has 6 heteroatoms. The Labute approximate surface area is 157 Å². The van der Waals surface area contributed by atoms with Gasteiger partial charge in [0, 0.05) is 6.54 Å². The van der Waals surface area contributed by atoms with Gasteiger partial charge in [-0.2, -0.15) is 13.2 Å². The second-order valence-electron chi connectivity index (χ2n) is 8.39. The molecule has 1 saturated heterocycles. The highest BCUT2D eigenvalue weighted by Crippen LogP contribution is 2.41. The maximum Gasteiger partial charge on any atom is 0.409 e. The molecule has 1 fully saturated rings. The largest absolute Gasteiger partial charge is 0.409 e. The lowest BCUT2D eigenvalue weighted by atomic mass is 9.92. The standard InChI is InChI=1S/C21H25F3N2O/c1-13(2)10-15-7-5-6-14-8-9-16(11-17(14)15)18(21(22,23)24)26-12-20(3,4)19(27)25-26/h5-9,11,13,18H,10,12H2,1-4H3,(H,25,27)/t18-/m0/s1. The van der Waals surface area contributed by atoms with Crippen LogP contribution in [0.3, 0.4) is 0 Å². The average molecular weight is 378 g/mol. The number of hydrazine groups is 1. The Kier molecular flexibility index (Phi) is 4.97. The molecule has 1 amide bonds. The topological polar surface area (TPSA) is 32.3 Å². The van der Waals surface area contributed by atoms with E-state index in [2.05, 4.69) is 19.3 Å². The number of amides is 1. The second-order valence-corrected chi connectivity index (χ2v) is 8.39. The SMILES string of the molecule is CC(C)Cc1cccc2ccc([C@H](N3CC(C)(C)C(=O)N3)C(F)(F)F)cc12.